The Morgan fingerprint density at radius 1 is 1.18 bits per heavy atom. The summed E-state index contributed by atoms with van der Waals surface area (Å²) in [7, 11) is 0. The smallest absolute Gasteiger partial charge is 0.250 e. The zero-order valence-electron chi connectivity index (χ0n) is 14.1. The second-order valence-electron chi connectivity index (χ2n) is 5.75. The maximum Gasteiger partial charge on any atom is 0.250 e. The molecule has 1 N–H and O–H groups in total. The van der Waals surface area contributed by atoms with Crippen molar-refractivity contribution in [2.24, 2.45) is 0 Å². The molecule has 0 aliphatic heterocycles. The summed E-state index contributed by atoms with van der Waals surface area (Å²) in [4.78, 5) is 17.1. The SMILES string of the molecule is O=C(/C=C/c1ccc(Cl)cc1Cl)Nc1nc2scc(-c3ccc(F)cc3)n2n1. The van der Waals surface area contributed by atoms with Crippen molar-refractivity contribution in [1.29, 1.82) is 0 Å². The van der Waals surface area contributed by atoms with Crippen LogP contribution in [0.5, 0.6) is 0 Å². The zero-order valence-corrected chi connectivity index (χ0v) is 16.4. The monoisotopic (exact) mass is 432 g/mol. The van der Waals surface area contributed by atoms with Crippen LogP contribution in [0.25, 0.3) is 22.3 Å². The number of fused-ring (bicyclic) bond motifs is 1. The van der Waals surface area contributed by atoms with Crippen LogP contribution in [0.1, 0.15) is 5.56 Å². The predicted molar refractivity (Wildman–Crippen MR) is 110 cm³/mol. The minimum absolute atomic E-state index is 0.173. The maximum atomic E-state index is 13.1. The molecular weight excluding hydrogens is 422 g/mol. The Bertz CT molecular complexity index is 1200. The van der Waals surface area contributed by atoms with Crippen LogP contribution in [0, 0.1) is 5.82 Å². The van der Waals surface area contributed by atoms with Crippen LogP contribution in [0.4, 0.5) is 10.3 Å². The van der Waals surface area contributed by atoms with E-state index in [1.54, 1.807) is 40.9 Å². The van der Waals surface area contributed by atoms with E-state index in [0.717, 1.165) is 11.3 Å². The average Bonchev–Trinajstić information content (AvgIpc) is 3.22. The van der Waals surface area contributed by atoms with Gasteiger partial charge in [-0.05, 0) is 48.0 Å². The summed E-state index contributed by atoms with van der Waals surface area (Å²) in [6, 6.07) is 11.1. The molecule has 0 bridgehead atoms. The Morgan fingerprint density at radius 2 is 1.96 bits per heavy atom. The lowest BCUT2D eigenvalue weighted by molar-refractivity contribution is -0.111. The van der Waals surface area contributed by atoms with Gasteiger partial charge in [0.25, 0.3) is 11.9 Å². The van der Waals surface area contributed by atoms with E-state index >= 15 is 0 Å². The Morgan fingerprint density at radius 3 is 2.71 bits per heavy atom. The number of carbonyl (C=O) groups excluding carboxylic acids is 1. The molecule has 0 spiro atoms. The number of hydrogen-bond donors (Lipinski definition) is 1. The molecule has 0 fully saturated rings. The van der Waals surface area contributed by atoms with Gasteiger partial charge in [0.05, 0.1) is 5.69 Å². The van der Waals surface area contributed by atoms with Gasteiger partial charge in [-0.25, -0.2) is 8.91 Å². The van der Waals surface area contributed by atoms with Crippen LogP contribution < -0.4 is 5.32 Å². The van der Waals surface area contributed by atoms with Gasteiger partial charge in [-0.1, -0.05) is 29.3 Å². The maximum absolute atomic E-state index is 13.1. The number of thiazole rings is 1. The molecule has 0 aliphatic carbocycles. The van der Waals surface area contributed by atoms with E-state index < -0.39 is 5.91 Å². The average molecular weight is 433 g/mol. The molecule has 28 heavy (non-hydrogen) atoms. The van der Waals surface area contributed by atoms with Crippen molar-refractivity contribution in [3.05, 3.63) is 75.3 Å². The van der Waals surface area contributed by atoms with Crippen LogP contribution in [0.2, 0.25) is 10.0 Å². The highest BCUT2D eigenvalue weighted by molar-refractivity contribution is 7.15. The third-order valence-corrected chi connectivity index (χ3v) is 5.21. The summed E-state index contributed by atoms with van der Waals surface area (Å²) >= 11 is 13.3. The van der Waals surface area contributed by atoms with Crippen LogP contribution in [0.15, 0.2) is 53.9 Å². The third kappa shape index (κ3) is 3.91. The molecule has 0 saturated carbocycles. The van der Waals surface area contributed by atoms with E-state index in [9.17, 15) is 9.18 Å². The minimum Gasteiger partial charge on any atom is -0.290 e. The number of aromatic nitrogens is 3. The molecule has 2 heterocycles. The lowest BCUT2D eigenvalue weighted by Gasteiger charge is -1.99. The van der Waals surface area contributed by atoms with Crippen molar-refractivity contribution in [3.8, 4) is 11.3 Å². The molecule has 1 amide bonds. The van der Waals surface area contributed by atoms with Gasteiger partial charge < -0.3 is 0 Å². The van der Waals surface area contributed by atoms with E-state index in [1.165, 1.54) is 29.5 Å². The molecule has 2 aromatic heterocycles. The quantitative estimate of drug-likeness (QED) is 0.429. The number of rotatable bonds is 4. The van der Waals surface area contributed by atoms with Gasteiger partial charge in [0, 0.05) is 27.1 Å². The van der Waals surface area contributed by atoms with Crippen molar-refractivity contribution < 1.29 is 9.18 Å². The van der Waals surface area contributed by atoms with Crippen molar-refractivity contribution in [3.63, 3.8) is 0 Å². The highest BCUT2D eigenvalue weighted by Crippen LogP contribution is 2.26. The van der Waals surface area contributed by atoms with E-state index in [0.29, 0.717) is 20.6 Å². The first-order valence-electron chi connectivity index (χ1n) is 8.04. The fourth-order valence-electron chi connectivity index (χ4n) is 2.51. The van der Waals surface area contributed by atoms with E-state index in [4.69, 9.17) is 23.2 Å². The molecule has 0 aliphatic rings. The highest BCUT2D eigenvalue weighted by Gasteiger charge is 2.12. The number of amides is 1. The molecule has 5 nitrogen and oxygen atoms in total. The highest BCUT2D eigenvalue weighted by atomic mass is 35.5. The summed E-state index contributed by atoms with van der Waals surface area (Å²) in [5, 5.41) is 9.76. The fourth-order valence-corrected chi connectivity index (χ4v) is 3.81. The van der Waals surface area contributed by atoms with Gasteiger partial charge in [0.1, 0.15) is 5.82 Å². The van der Waals surface area contributed by atoms with Crippen LogP contribution in [0.3, 0.4) is 0 Å². The van der Waals surface area contributed by atoms with Crippen molar-refractivity contribution >= 4 is 57.4 Å². The molecule has 9 heteroatoms. The summed E-state index contributed by atoms with van der Waals surface area (Å²) in [5.41, 5.74) is 2.22. The molecule has 4 aromatic rings. The third-order valence-electron chi connectivity index (χ3n) is 3.83. The van der Waals surface area contributed by atoms with Gasteiger partial charge in [-0.3, -0.25) is 10.1 Å². The zero-order chi connectivity index (χ0) is 19.7. The second-order valence-corrected chi connectivity index (χ2v) is 7.43. The molecule has 4 rings (SSSR count). The van der Waals surface area contributed by atoms with Gasteiger partial charge in [0.15, 0.2) is 0 Å². The standard InChI is InChI=1S/C19H11Cl2FN4OS/c20-13-5-1-11(15(21)9-13)4-8-17(27)23-18-24-19-26(25-18)16(10-28-19)12-2-6-14(22)7-3-12/h1-10H,(H,23,25,27)/b8-4+. The lowest BCUT2D eigenvalue weighted by atomic mass is 10.2. The number of anilines is 1. The lowest BCUT2D eigenvalue weighted by Crippen LogP contribution is -2.09. The molecule has 0 saturated heterocycles. The Balaban J connectivity index is 1.52. The molecule has 2 aromatic carbocycles. The number of benzene rings is 2. The second kappa shape index (κ2) is 7.71. The topological polar surface area (TPSA) is 59.3 Å². The van der Waals surface area contributed by atoms with Gasteiger partial charge in [-0.2, -0.15) is 4.98 Å². The van der Waals surface area contributed by atoms with Crippen molar-refractivity contribution in [2.45, 2.75) is 0 Å². The van der Waals surface area contributed by atoms with Crippen LogP contribution in [-0.2, 0) is 4.79 Å². The Kier molecular flexibility index (Phi) is 5.13. The molecule has 140 valence electrons. The minimum atomic E-state index is -0.396. The first kappa shape index (κ1) is 18.6. The normalized spacial score (nSPS) is 11.4. The first-order valence-corrected chi connectivity index (χ1v) is 9.67. The summed E-state index contributed by atoms with van der Waals surface area (Å²) in [5.74, 6) is -0.533. The number of hydrogen-bond acceptors (Lipinski definition) is 4. The molecule has 0 atom stereocenters. The molecular formula is C19H11Cl2FN4OS. The van der Waals surface area contributed by atoms with Crippen molar-refractivity contribution in [2.75, 3.05) is 5.32 Å². The number of nitrogens with zero attached hydrogens (tertiary/aromatic N) is 3. The van der Waals surface area contributed by atoms with Crippen LogP contribution >= 0.6 is 34.5 Å². The summed E-state index contributed by atoms with van der Waals surface area (Å²) < 4.78 is 14.7. The van der Waals surface area contributed by atoms with Gasteiger partial charge >= 0.3 is 0 Å². The van der Waals surface area contributed by atoms with Crippen LogP contribution in [-0.4, -0.2) is 20.5 Å². The fraction of sp³-hybridized carbons (Fsp3) is 0. The molecule has 0 radical (unpaired) electrons. The summed E-state index contributed by atoms with van der Waals surface area (Å²) in [6.07, 6.45) is 2.92. The summed E-state index contributed by atoms with van der Waals surface area (Å²) in [6.45, 7) is 0. The van der Waals surface area contributed by atoms with Crippen molar-refractivity contribution in [1.82, 2.24) is 14.6 Å². The Hall–Kier alpha value is -2.74. The van der Waals surface area contributed by atoms with Gasteiger partial charge in [-0.15, -0.1) is 16.4 Å². The predicted octanol–water partition coefficient (Wildman–Crippen LogP) is 5.56. The first-order chi connectivity index (χ1) is 13.5. The number of nitrogens with one attached hydrogen (secondary N) is 1. The van der Waals surface area contributed by atoms with Gasteiger partial charge in [0.2, 0.25) is 4.96 Å². The largest absolute Gasteiger partial charge is 0.290 e. The van der Waals surface area contributed by atoms with E-state index in [2.05, 4.69) is 15.4 Å². The number of carbonyl (C=O) groups is 1. The number of halogens is 3. The Labute approximate surface area is 173 Å². The van der Waals surface area contributed by atoms with E-state index in [-0.39, 0.29) is 11.8 Å². The molecule has 0 unspecified atom stereocenters. The van der Waals surface area contributed by atoms with E-state index in [1.807, 2.05) is 5.38 Å².